The molecule has 14 nitrogen and oxygen atoms in total. The lowest BCUT2D eigenvalue weighted by Crippen LogP contribution is -2.69. The van der Waals surface area contributed by atoms with E-state index in [2.05, 4.69) is 26.6 Å². The van der Waals surface area contributed by atoms with E-state index in [1.54, 1.807) is 18.2 Å². The molecule has 9 heterocycles. The summed E-state index contributed by atoms with van der Waals surface area (Å²) in [6.45, 7) is 5.57. The molecule has 1 spiro atoms. The first-order valence-electron chi connectivity index (χ1n) is 18.4. The maximum atomic E-state index is 14.8. The Labute approximate surface area is 320 Å². The smallest absolute Gasteiger partial charge is 0.333 e. The lowest BCUT2D eigenvalue weighted by Gasteiger charge is -2.58. The van der Waals surface area contributed by atoms with Crippen molar-refractivity contribution < 1.29 is 43.5 Å². The predicted octanol–water partition coefficient (Wildman–Crippen LogP) is 4.12. The highest BCUT2D eigenvalue weighted by Crippen LogP contribution is 2.64. The summed E-state index contributed by atoms with van der Waals surface area (Å²) >= 11 is 1.49. The van der Waals surface area contributed by atoms with Gasteiger partial charge in [-0.15, -0.1) is 11.8 Å². The zero-order chi connectivity index (χ0) is 38.1. The molecule has 15 heteroatoms. The van der Waals surface area contributed by atoms with E-state index in [9.17, 15) is 25.1 Å². The average Bonchev–Trinajstić information content (AvgIpc) is 3.74. The van der Waals surface area contributed by atoms with Crippen LogP contribution >= 0.6 is 11.8 Å². The summed E-state index contributed by atoms with van der Waals surface area (Å²) in [5, 5.41) is 41.2. The fraction of sp³-hybridized carbons (Fsp3) is 0.425. The monoisotopic (exact) mass is 765 g/mol. The molecule has 8 aliphatic rings. The second-order valence-corrected chi connectivity index (χ2v) is 16.4. The summed E-state index contributed by atoms with van der Waals surface area (Å²) < 4.78 is 30.6. The van der Waals surface area contributed by atoms with Gasteiger partial charge >= 0.3 is 11.9 Å². The summed E-state index contributed by atoms with van der Waals surface area (Å²) in [4.78, 5) is 33.4. The number of fused-ring (bicyclic) bond motifs is 8. The van der Waals surface area contributed by atoms with Crippen LogP contribution < -0.4 is 29.6 Å². The van der Waals surface area contributed by atoms with Crippen LogP contribution in [0.1, 0.15) is 68.9 Å². The van der Waals surface area contributed by atoms with Crippen molar-refractivity contribution in [2.45, 2.75) is 68.1 Å². The van der Waals surface area contributed by atoms with E-state index in [1.165, 1.54) is 25.8 Å². The van der Waals surface area contributed by atoms with Gasteiger partial charge in [0.2, 0.25) is 6.79 Å². The van der Waals surface area contributed by atoms with Crippen LogP contribution in [0.2, 0.25) is 0 Å². The summed E-state index contributed by atoms with van der Waals surface area (Å²) in [6.07, 6.45) is 0.893. The van der Waals surface area contributed by atoms with E-state index in [4.69, 9.17) is 23.7 Å². The molecule has 2 fully saturated rings. The maximum Gasteiger partial charge on any atom is 0.333 e. The number of hydrogen-bond acceptors (Lipinski definition) is 14. The number of phenols is 2. The van der Waals surface area contributed by atoms with Crippen LogP contribution in [-0.2, 0) is 32.7 Å². The molecule has 284 valence electrons. The van der Waals surface area contributed by atoms with Crippen LogP contribution in [0.4, 0.5) is 0 Å². The molecule has 4 bridgehead atoms. The lowest BCUT2D eigenvalue weighted by atomic mass is 9.76. The number of phenolic OH excluding ortho intramolecular Hbond substituents is 2. The number of H-pyrrole nitrogens is 1. The van der Waals surface area contributed by atoms with Crippen LogP contribution in [0.25, 0.3) is 10.9 Å². The number of benzene rings is 3. The van der Waals surface area contributed by atoms with Crippen molar-refractivity contribution in [2.75, 3.05) is 39.4 Å². The van der Waals surface area contributed by atoms with Gasteiger partial charge in [-0.3, -0.25) is 15.0 Å². The summed E-state index contributed by atoms with van der Waals surface area (Å²) in [5.41, 5.74) is 4.03. The molecular formula is C40H39N5O9S. The second kappa shape index (κ2) is 11.9. The standard InChI is InChI=1S/C40H39N5O9S/c1-17-9-20-11-39(13-41)14-42-29(26(20)31(48)32(17)50-4)30-36-28-27(35-34(52-16-53-35)18(2)33(28)54-19(3)46)25(45(30)39)12-51-38(49)40(15-55-36)37-22(7-8-43-40)23-10-21(47)5-6-24(23)44-37/h5-6,9-10,25,29-30,36,42-44,47-48H,7-8,11-12,14-16H2,1-4H3/t25-,29?,30?,36+,39-,40+/m0/s1. The van der Waals surface area contributed by atoms with Gasteiger partial charge in [0, 0.05) is 71.4 Å². The number of aromatic nitrogens is 1. The molecule has 0 aliphatic carbocycles. The van der Waals surface area contributed by atoms with Gasteiger partial charge in [-0.25, -0.2) is 4.79 Å². The number of ether oxygens (including phenoxy) is 5. The molecule has 2 saturated heterocycles. The van der Waals surface area contributed by atoms with Crippen molar-refractivity contribution in [2.24, 2.45) is 0 Å². The van der Waals surface area contributed by atoms with Crippen molar-refractivity contribution >= 4 is 34.6 Å². The first-order chi connectivity index (χ1) is 26.5. The largest absolute Gasteiger partial charge is 0.508 e. The van der Waals surface area contributed by atoms with E-state index in [0.717, 1.165) is 27.6 Å². The van der Waals surface area contributed by atoms with Crippen LogP contribution in [0.15, 0.2) is 24.3 Å². The molecule has 55 heavy (non-hydrogen) atoms. The highest BCUT2D eigenvalue weighted by molar-refractivity contribution is 7.99. The number of thioether (sulfide) groups is 1. The number of aromatic amines is 1. The zero-order valence-electron chi connectivity index (χ0n) is 30.6. The Hall–Kier alpha value is -5.14. The average molecular weight is 766 g/mol. The molecule has 4 aromatic rings. The lowest BCUT2D eigenvalue weighted by molar-refractivity contribution is -0.156. The molecule has 3 aromatic carbocycles. The Kier molecular flexibility index (Phi) is 7.45. The maximum absolute atomic E-state index is 14.8. The fourth-order valence-corrected chi connectivity index (χ4v) is 12.0. The quantitative estimate of drug-likeness (QED) is 0.145. The van der Waals surface area contributed by atoms with E-state index in [1.807, 2.05) is 19.9 Å². The van der Waals surface area contributed by atoms with Gasteiger partial charge in [0.1, 0.15) is 23.6 Å². The molecule has 0 radical (unpaired) electrons. The highest BCUT2D eigenvalue weighted by atomic mass is 32.2. The Morgan fingerprint density at radius 3 is 2.71 bits per heavy atom. The number of aryl methyl sites for hydroxylation is 1. The number of hydrogen-bond donors (Lipinski definition) is 5. The number of aromatic hydroxyl groups is 2. The molecule has 7 atom stereocenters. The number of nitriles is 1. The summed E-state index contributed by atoms with van der Waals surface area (Å²) in [7, 11) is 1.53. The van der Waals surface area contributed by atoms with Gasteiger partial charge in [0.25, 0.3) is 0 Å². The number of esters is 2. The normalized spacial score (nSPS) is 29.7. The highest BCUT2D eigenvalue weighted by Gasteiger charge is 2.63. The third kappa shape index (κ3) is 4.53. The fourth-order valence-electron chi connectivity index (χ4n) is 10.3. The van der Waals surface area contributed by atoms with Gasteiger partial charge in [-0.1, -0.05) is 6.07 Å². The topological polar surface area (TPSA) is 188 Å². The van der Waals surface area contributed by atoms with Gasteiger partial charge < -0.3 is 44.2 Å². The minimum absolute atomic E-state index is 0.00803. The van der Waals surface area contributed by atoms with Crippen molar-refractivity contribution in [3.05, 3.63) is 68.9 Å². The molecule has 5 N–H and O–H groups in total. The number of methoxy groups -OCH3 is 1. The van der Waals surface area contributed by atoms with E-state index < -0.39 is 46.4 Å². The molecule has 0 amide bonds. The van der Waals surface area contributed by atoms with Crippen molar-refractivity contribution in [1.29, 1.82) is 5.26 Å². The summed E-state index contributed by atoms with van der Waals surface area (Å²) in [6, 6.07) is 7.97. The first-order valence-corrected chi connectivity index (χ1v) is 19.4. The minimum atomic E-state index is -1.33. The van der Waals surface area contributed by atoms with Gasteiger partial charge in [-0.2, -0.15) is 5.26 Å². The van der Waals surface area contributed by atoms with Gasteiger partial charge in [0.15, 0.2) is 28.5 Å². The third-order valence-corrected chi connectivity index (χ3v) is 13.9. The van der Waals surface area contributed by atoms with E-state index in [0.29, 0.717) is 63.9 Å². The minimum Gasteiger partial charge on any atom is -0.508 e. The van der Waals surface area contributed by atoms with Crippen molar-refractivity contribution in [3.63, 3.8) is 0 Å². The molecule has 1 aromatic heterocycles. The second-order valence-electron chi connectivity index (χ2n) is 15.3. The number of nitrogens with one attached hydrogen (secondary N) is 3. The summed E-state index contributed by atoms with van der Waals surface area (Å²) in [5.74, 6) is 0.920. The first kappa shape index (κ1) is 34.4. The van der Waals surface area contributed by atoms with E-state index >= 15 is 0 Å². The van der Waals surface area contributed by atoms with Crippen LogP contribution in [0.3, 0.4) is 0 Å². The Morgan fingerprint density at radius 2 is 1.93 bits per heavy atom. The molecule has 3 unspecified atom stereocenters. The van der Waals surface area contributed by atoms with Crippen LogP contribution in [0, 0.1) is 25.2 Å². The van der Waals surface area contributed by atoms with Gasteiger partial charge in [0.05, 0.1) is 36.2 Å². The zero-order valence-corrected chi connectivity index (χ0v) is 31.4. The number of piperazine rings is 1. The van der Waals surface area contributed by atoms with Crippen LogP contribution in [0.5, 0.6) is 34.5 Å². The third-order valence-electron chi connectivity index (χ3n) is 12.4. The molecule has 0 saturated carbocycles. The number of rotatable bonds is 2. The van der Waals surface area contributed by atoms with Crippen molar-refractivity contribution in [1.82, 2.24) is 20.5 Å². The molecule has 8 aliphatic heterocycles. The number of nitrogens with zero attached hydrogens (tertiary/aromatic N) is 2. The van der Waals surface area contributed by atoms with Crippen molar-refractivity contribution in [3.8, 4) is 40.6 Å². The number of carbonyl (C=O) groups is 2. The predicted molar refractivity (Wildman–Crippen MR) is 199 cm³/mol. The van der Waals surface area contributed by atoms with Gasteiger partial charge in [-0.05, 0) is 55.2 Å². The number of carbonyl (C=O) groups excluding carboxylic acids is 2. The van der Waals surface area contributed by atoms with E-state index in [-0.39, 0.29) is 43.6 Å². The molecular weight excluding hydrogens is 727 g/mol. The Morgan fingerprint density at radius 1 is 1.11 bits per heavy atom. The molecule has 12 rings (SSSR count). The van der Waals surface area contributed by atoms with Crippen LogP contribution in [-0.4, -0.2) is 83.0 Å². The SMILES string of the molecule is COc1c(C)cc2c(c1O)C1NC[C@@](C#N)(C2)N2C1[C@@H]1SC[C@]3(NCCc4c3[nH]c3ccc(O)cc43)C(=O)OC[C@H]2c2c3c(c(C)c(OC(C)=O)c21)OCO3. The Bertz CT molecular complexity index is 2430. The Balaban J connectivity index is 1.25.